The van der Waals surface area contributed by atoms with E-state index in [1.165, 1.54) is 12.8 Å². The Morgan fingerprint density at radius 1 is 1.53 bits per heavy atom. The molecule has 1 aromatic rings. The average Bonchev–Trinajstić information content (AvgIpc) is 2.85. The summed E-state index contributed by atoms with van der Waals surface area (Å²) in [5.41, 5.74) is 0.320. The highest BCUT2D eigenvalue weighted by Crippen LogP contribution is 2.30. The van der Waals surface area contributed by atoms with Crippen LogP contribution in [0.2, 0.25) is 0 Å². The topological polar surface area (TPSA) is 63.0 Å². The minimum absolute atomic E-state index is 0.583. The number of aromatic nitrogens is 3. The molecule has 2 aliphatic rings. The Bertz CT molecular complexity index is 354. The van der Waals surface area contributed by atoms with Crippen LogP contribution >= 0.6 is 0 Å². The molecule has 82 valence electrons. The predicted octanol–water partition coefficient (Wildman–Crippen LogP) is -0.435. The molecule has 0 atom stereocenters. The van der Waals surface area contributed by atoms with Crippen molar-refractivity contribution >= 4 is 0 Å². The Balaban J connectivity index is 1.62. The molecule has 5 nitrogen and oxygen atoms in total. The molecule has 1 aliphatic heterocycles. The van der Waals surface area contributed by atoms with E-state index in [-0.39, 0.29) is 0 Å². The smallest absolute Gasteiger partial charge is 0.0951 e. The molecule has 1 saturated carbocycles. The minimum Gasteiger partial charge on any atom is -0.387 e. The normalized spacial score (nSPS) is 23.8. The van der Waals surface area contributed by atoms with Gasteiger partial charge in [-0.3, -0.25) is 4.68 Å². The van der Waals surface area contributed by atoms with Gasteiger partial charge >= 0.3 is 0 Å². The van der Waals surface area contributed by atoms with Crippen LogP contribution in [0, 0.1) is 5.92 Å². The van der Waals surface area contributed by atoms with Crippen molar-refractivity contribution in [1.82, 2.24) is 20.3 Å². The third kappa shape index (κ3) is 2.03. The molecule has 1 saturated heterocycles. The molecule has 15 heavy (non-hydrogen) atoms. The lowest BCUT2D eigenvalue weighted by Gasteiger charge is -2.36. The maximum absolute atomic E-state index is 9.93. The summed E-state index contributed by atoms with van der Waals surface area (Å²) in [5, 5.41) is 21.2. The van der Waals surface area contributed by atoms with Gasteiger partial charge in [-0.15, -0.1) is 5.10 Å². The molecule has 2 fully saturated rings. The van der Waals surface area contributed by atoms with Gasteiger partial charge in [0.05, 0.1) is 11.3 Å². The lowest BCUT2D eigenvalue weighted by Crippen LogP contribution is -2.60. The molecule has 0 spiro atoms. The largest absolute Gasteiger partial charge is 0.387 e. The molecule has 0 amide bonds. The van der Waals surface area contributed by atoms with Crippen molar-refractivity contribution in [3.63, 3.8) is 0 Å². The van der Waals surface area contributed by atoms with Crippen LogP contribution in [0.5, 0.6) is 0 Å². The van der Waals surface area contributed by atoms with E-state index in [0.29, 0.717) is 19.5 Å². The summed E-state index contributed by atoms with van der Waals surface area (Å²) >= 11 is 0. The Morgan fingerprint density at radius 3 is 2.93 bits per heavy atom. The molecule has 2 heterocycles. The molecule has 1 aliphatic carbocycles. The number of hydrogen-bond acceptors (Lipinski definition) is 4. The average molecular weight is 208 g/mol. The Kier molecular flexibility index (Phi) is 2.03. The zero-order chi connectivity index (χ0) is 10.3. The van der Waals surface area contributed by atoms with E-state index in [1.807, 2.05) is 10.9 Å². The molecular weight excluding hydrogens is 192 g/mol. The van der Waals surface area contributed by atoms with Crippen LogP contribution in [0.25, 0.3) is 0 Å². The van der Waals surface area contributed by atoms with E-state index in [1.54, 1.807) is 0 Å². The second kappa shape index (κ2) is 3.28. The van der Waals surface area contributed by atoms with Crippen LogP contribution in [0.1, 0.15) is 18.5 Å². The lowest BCUT2D eigenvalue weighted by molar-refractivity contribution is -0.00983. The number of aliphatic hydroxyl groups is 1. The first-order chi connectivity index (χ1) is 7.23. The Labute approximate surface area is 88.5 Å². The number of rotatable bonds is 4. The molecule has 0 unspecified atom stereocenters. The van der Waals surface area contributed by atoms with Crippen LogP contribution in [0.15, 0.2) is 6.20 Å². The van der Waals surface area contributed by atoms with Gasteiger partial charge in [-0.25, -0.2) is 0 Å². The Morgan fingerprint density at radius 2 is 2.33 bits per heavy atom. The summed E-state index contributed by atoms with van der Waals surface area (Å²) < 4.78 is 1.91. The molecule has 5 heteroatoms. The highest BCUT2D eigenvalue weighted by molar-refractivity contribution is 5.05. The van der Waals surface area contributed by atoms with Crippen LogP contribution in [0.4, 0.5) is 0 Å². The maximum atomic E-state index is 9.93. The molecule has 2 N–H and O–H groups in total. The lowest BCUT2D eigenvalue weighted by atomic mass is 9.92. The van der Waals surface area contributed by atoms with E-state index in [0.717, 1.165) is 18.2 Å². The van der Waals surface area contributed by atoms with Crippen LogP contribution in [0.3, 0.4) is 0 Å². The fourth-order valence-corrected chi connectivity index (χ4v) is 1.95. The van der Waals surface area contributed by atoms with Gasteiger partial charge in [0.15, 0.2) is 0 Å². The molecule has 0 bridgehead atoms. The van der Waals surface area contributed by atoms with E-state index in [9.17, 15) is 5.11 Å². The van der Waals surface area contributed by atoms with E-state index in [2.05, 4.69) is 15.6 Å². The van der Waals surface area contributed by atoms with Crippen molar-refractivity contribution in [3.05, 3.63) is 11.9 Å². The van der Waals surface area contributed by atoms with E-state index >= 15 is 0 Å². The van der Waals surface area contributed by atoms with Crippen LogP contribution in [-0.4, -0.2) is 38.8 Å². The van der Waals surface area contributed by atoms with Crippen molar-refractivity contribution in [1.29, 1.82) is 0 Å². The van der Waals surface area contributed by atoms with Gasteiger partial charge in [0.1, 0.15) is 0 Å². The quantitative estimate of drug-likeness (QED) is 0.704. The number of hydrogen-bond donors (Lipinski definition) is 2. The summed E-state index contributed by atoms with van der Waals surface area (Å²) in [6.07, 6.45) is 5.23. The first kappa shape index (κ1) is 9.30. The fourth-order valence-electron chi connectivity index (χ4n) is 1.95. The zero-order valence-corrected chi connectivity index (χ0v) is 8.69. The van der Waals surface area contributed by atoms with Gasteiger partial charge in [-0.2, -0.15) is 0 Å². The zero-order valence-electron chi connectivity index (χ0n) is 8.69. The van der Waals surface area contributed by atoms with Crippen molar-refractivity contribution in [3.8, 4) is 0 Å². The van der Waals surface area contributed by atoms with E-state index in [4.69, 9.17) is 0 Å². The minimum atomic E-state index is -0.583. The van der Waals surface area contributed by atoms with E-state index < -0.39 is 5.60 Å². The first-order valence-corrected chi connectivity index (χ1v) is 5.56. The molecular formula is C10H16N4O. The van der Waals surface area contributed by atoms with Crippen LogP contribution < -0.4 is 5.32 Å². The third-order valence-electron chi connectivity index (χ3n) is 3.15. The highest BCUT2D eigenvalue weighted by Gasteiger charge is 2.35. The maximum Gasteiger partial charge on any atom is 0.0951 e. The van der Waals surface area contributed by atoms with Gasteiger partial charge < -0.3 is 10.4 Å². The molecule has 0 radical (unpaired) electrons. The number of nitrogens with zero attached hydrogens (tertiary/aromatic N) is 3. The van der Waals surface area contributed by atoms with Gasteiger partial charge in [0, 0.05) is 32.3 Å². The third-order valence-corrected chi connectivity index (χ3v) is 3.15. The molecule has 1 aromatic heterocycles. The SMILES string of the molecule is OC1(Cc2cn(CC3CC3)nn2)CNC1. The Hall–Kier alpha value is -0.940. The van der Waals surface area contributed by atoms with Gasteiger partial charge in [-0.05, 0) is 18.8 Å². The number of β-amino-alcohol motifs (C(OH)–C–C–N with tert-alkyl or cyclic N) is 1. The van der Waals surface area contributed by atoms with Gasteiger partial charge in [-0.1, -0.05) is 5.21 Å². The highest BCUT2D eigenvalue weighted by atomic mass is 16.3. The summed E-state index contributed by atoms with van der Waals surface area (Å²) in [4.78, 5) is 0. The summed E-state index contributed by atoms with van der Waals surface area (Å²) in [7, 11) is 0. The fraction of sp³-hybridized carbons (Fsp3) is 0.800. The van der Waals surface area contributed by atoms with Gasteiger partial charge in [0.25, 0.3) is 0 Å². The second-order valence-electron chi connectivity index (χ2n) is 4.88. The summed E-state index contributed by atoms with van der Waals surface area (Å²) in [6, 6.07) is 0. The standard InChI is InChI=1S/C10H16N4O/c15-10(6-11-7-10)3-9-5-14(13-12-9)4-8-1-2-8/h5,8,11,15H,1-4,6-7H2. The first-order valence-electron chi connectivity index (χ1n) is 5.56. The molecule has 3 rings (SSSR count). The van der Waals surface area contributed by atoms with Crippen molar-refractivity contribution < 1.29 is 5.11 Å². The van der Waals surface area contributed by atoms with Gasteiger partial charge in [0.2, 0.25) is 0 Å². The summed E-state index contributed by atoms with van der Waals surface area (Å²) in [5.74, 6) is 0.813. The predicted molar refractivity (Wildman–Crippen MR) is 54.3 cm³/mol. The van der Waals surface area contributed by atoms with Crippen LogP contribution in [-0.2, 0) is 13.0 Å². The molecule has 0 aromatic carbocycles. The monoisotopic (exact) mass is 208 g/mol. The summed E-state index contributed by atoms with van der Waals surface area (Å²) in [6.45, 7) is 2.33. The van der Waals surface area contributed by atoms with Crippen molar-refractivity contribution in [2.45, 2.75) is 31.4 Å². The number of nitrogens with one attached hydrogen (secondary N) is 1. The van der Waals surface area contributed by atoms with Crippen molar-refractivity contribution in [2.75, 3.05) is 13.1 Å². The second-order valence-corrected chi connectivity index (χ2v) is 4.88. The van der Waals surface area contributed by atoms with Crippen molar-refractivity contribution in [2.24, 2.45) is 5.92 Å².